The number of hydrogen-bond acceptors (Lipinski definition) is 3. The van der Waals surface area contributed by atoms with Crippen molar-refractivity contribution in [3.8, 4) is 0 Å². The van der Waals surface area contributed by atoms with Crippen LogP contribution in [0.5, 0.6) is 0 Å². The lowest BCUT2D eigenvalue weighted by Gasteiger charge is -2.13. The predicted molar refractivity (Wildman–Crippen MR) is 106 cm³/mol. The summed E-state index contributed by atoms with van der Waals surface area (Å²) in [5.74, 6) is -0.345. The number of hydrogen-bond donors (Lipinski definition) is 2. The van der Waals surface area contributed by atoms with E-state index in [2.05, 4.69) is 10.0 Å². The molecule has 2 N–H and O–H groups in total. The molecular formula is C21H20N2O3S. The Bertz CT molecular complexity index is 1030. The highest BCUT2D eigenvalue weighted by atomic mass is 32.2. The molecule has 0 bridgehead atoms. The Kier molecular flexibility index (Phi) is 5.57. The van der Waals surface area contributed by atoms with Crippen LogP contribution in [0, 0.1) is 6.92 Å². The van der Waals surface area contributed by atoms with E-state index in [1.807, 2.05) is 31.2 Å². The normalized spacial score (nSPS) is 11.0. The monoisotopic (exact) mass is 380 g/mol. The van der Waals surface area contributed by atoms with Gasteiger partial charge in [0.05, 0.1) is 16.1 Å². The summed E-state index contributed by atoms with van der Waals surface area (Å²) in [4.78, 5) is 12.7. The Morgan fingerprint density at radius 3 is 2.19 bits per heavy atom. The van der Waals surface area contributed by atoms with Gasteiger partial charge in [-0.05, 0) is 36.8 Å². The van der Waals surface area contributed by atoms with Gasteiger partial charge in [0.25, 0.3) is 15.9 Å². The van der Waals surface area contributed by atoms with Crippen LogP contribution >= 0.6 is 0 Å². The first-order chi connectivity index (χ1) is 13.0. The molecule has 3 aromatic carbocycles. The second kappa shape index (κ2) is 8.05. The quantitative estimate of drug-likeness (QED) is 0.684. The molecule has 0 spiro atoms. The smallest absolute Gasteiger partial charge is 0.261 e. The molecule has 0 aromatic heterocycles. The Balaban J connectivity index is 1.77. The molecule has 27 heavy (non-hydrogen) atoms. The molecule has 0 fully saturated rings. The van der Waals surface area contributed by atoms with Gasteiger partial charge in [0.15, 0.2) is 0 Å². The first-order valence-corrected chi connectivity index (χ1v) is 9.95. The minimum absolute atomic E-state index is 0.139. The van der Waals surface area contributed by atoms with Gasteiger partial charge < -0.3 is 5.32 Å². The number of aryl methyl sites for hydroxylation is 1. The lowest BCUT2D eigenvalue weighted by atomic mass is 10.1. The first-order valence-electron chi connectivity index (χ1n) is 8.46. The maximum absolute atomic E-state index is 12.6. The number of amides is 1. The predicted octanol–water partition coefficient (Wildman–Crippen LogP) is 3.73. The Labute approximate surface area is 159 Å². The van der Waals surface area contributed by atoms with Crippen molar-refractivity contribution in [3.05, 3.63) is 95.6 Å². The van der Waals surface area contributed by atoms with E-state index in [-0.39, 0.29) is 22.1 Å². The lowest BCUT2D eigenvalue weighted by Crippen LogP contribution is -2.25. The summed E-state index contributed by atoms with van der Waals surface area (Å²) in [6.45, 7) is 2.36. The number of nitrogens with one attached hydrogen (secondary N) is 2. The Morgan fingerprint density at radius 1 is 0.852 bits per heavy atom. The van der Waals surface area contributed by atoms with Crippen molar-refractivity contribution in [2.75, 3.05) is 4.72 Å². The third-order valence-corrected chi connectivity index (χ3v) is 5.42. The molecule has 0 radical (unpaired) electrons. The van der Waals surface area contributed by atoms with Gasteiger partial charge in [-0.1, -0.05) is 60.2 Å². The van der Waals surface area contributed by atoms with Gasteiger partial charge in [-0.15, -0.1) is 0 Å². The fourth-order valence-electron chi connectivity index (χ4n) is 2.56. The van der Waals surface area contributed by atoms with Crippen molar-refractivity contribution in [1.82, 2.24) is 5.32 Å². The Morgan fingerprint density at radius 2 is 1.48 bits per heavy atom. The van der Waals surface area contributed by atoms with Crippen molar-refractivity contribution in [3.63, 3.8) is 0 Å². The summed E-state index contributed by atoms with van der Waals surface area (Å²) in [7, 11) is -3.77. The molecule has 0 saturated carbocycles. The van der Waals surface area contributed by atoms with Crippen LogP contribution in [0.2, 0.25) is 0 Å². The van der Waals surface area contributed by atoms with Crippen LogP contribution in [-0.2, 0) is 16.6 Å². The van der Waals surface area contributed by atoms with E-state index < -0.39 is 10.0 Å². The van der Waals surface area contributed by atoms with Crippen molar-refractivity contribution in [2.45, 2.75) is 18.4 Å². The molecule has 0 aliphatic heterocycles. The van der Waals surface area contributed by atoms with Crippen LogP contribution in [0.1, 0.15) is 21.5 Å². The third-order valence-electron chi connectivity index (χ3n) is 4.04. The summed E-state index contributed by atoms with van der Waals surface area (Å²) in [6, 6.07) is 22.4. The zero-order valence-corrected chi connectivity index (χ0v) is 15.7. The van der Waals surface area contributed by atoms with Crippen LogP contribution in [0.3, 0.4) is 0 Å². The van der Waals surface area contributed by atoms with Gasteiger partial charge in [-0.2, -0.15) is 0 Å². The molecule has 3 rings (SSSR count). The SMILES string of the molecule is Cc1ccc(CNC(=O)c2ccccc2NS(=O)(=O)c2ccccc2)cc1. The highest BCUT2D eigenvalue weighted by Gasteiger charge is 2.18. The summed E-state index contributed by atoms with van der Waals surface area (Å²) in [5.41, 5.74) is 2.62. The minimum Gasteiger partial charge on any atom is -0.348 e. The van der Waals surface area contributed by atoms with Crippen LogP contribution in [0.25, 0.3) is 0 Å². The number of anilines is 1. The standard InChI is InChI=1S/C21H20N2O3S/c1-16-11-13-17(14-12-16)15-22-21(24)19-9-5-6-10-20(19)23-27(25,26)18-7-3-2-4-8-18/h2-14,23H,15H2,1H3,(H,22,24). The van der Waals surface area contributed by atoms with E-state index in [4.69, 9.17) is 0 Å². The van der Waals surface area contributed by atoms with Gasteiger partial charge in [-0.3, -0.25) is 9.52 Å². The molecule has 1 amide bonds. The second-order valence-corrected chi connectivity index (χ2v) is 7.81. The third kappa shape index (κ3) is 4.74. The second-order valence-electron chi connectivity index (χ2n) is 6.13. The number of carbonyl (C=O) groups excluding carboxylic acids is 1. The maximum atomic E-state index is 12.6. The van der Waals surface area contributed by atoms with Gasteiger partial charge >= 0.3 is 0 Å². The van der Waals surface area contributed by atoms with Crippen molar-refractivity contribution in [2.24, 2.45) is 0 Å². The van der Waals surface area contributed by atoms with Gasteiger partial charge in [-0.25, -0.2) is 8.42 Å². The molecule has 138 valence electrons. The molecule has 0 atom stereocenters. The van der Waals surface area contributed by atoms with Gasteiger partial charge in [0.1, 0.15) is 0 Å². The molecule has 0 aliphatic carbocycles. The molecule has 5 nitrogen and oxygen atoms in total. The first kappa shape index (κ1) is 18.7. The fraction of sp³-hybridized carbons (Fsp3) is 0.0952. The number of benzene rings is 3. The molecule has 0 saturated heterocycles. The Hall–Kier alpha value is -3.12. The number of sulfonamides is 1. The van der Waals surface area contributed by atoms with E-state index >= 15 is 0 Å². The molecule has 3 aromatic rings. The summed E-state index contributed by atoms with van der Waals surface area (Å²) < 4.78 is 27.6. The molecule has 0 aliphatic rings. The highest BCUT2D eigenvalue weighted by molar-refractivity contribution is 7.92. The van der Waals surface area contributed by atoms with E-state index in [1.54, 1.807) is 42.5 Å². The number of para-hydroxylation sites is 1. The fourth-order valence-corrected chi connectivity index (χ4v) is 3.66. The van der Waals surface area contributed by atoms with Crippen LogP contribution in [0.4, 0.5) is 5.69 Å². The minimum atomic E-state index is -3.77. The van der Waals surface area contributed by atoms with Crippen LogP contribution in [-0.4, -0.2) is 14.3 Å². The number of carbonyl (C=O) groups is 1. The highest BCUT2D eigenvalue weighted by Crippen LogP contribution is 2.20. The van der Waals surface area contributed by atoms with Crippen LogP contribution in [0.15, 0.2) is 83.8 Å². The summed E-state index contributed by atoms with van der Waals surface area (Å²) in [6.07, 6.45) is 0. The zero-order valence-electron chi connectivity index (χ0n) is 14.8. The van der Waals surface area contributed by atoms with E-state index in [0.717, 1.165) is 11.1 Å². The molecule has 6 heteroatoms. The van der Waals surface area contributed by atoms with E-state index in [0.29, 0.717) is 6.54 Å². The summed E-state index contributed by atoms with van der Waals surface area (Å²) >= 11 is 0. The van der Waals surface area contributed by atoms with E-state index in [9.17, 15) is 13.2 Å². The average Bonchev–Trinajstić information content (AvgIpc) is 2.68. The molecule has 0 heterocycles. The van der Waals surface area contributed by atoms with Crippen LogP contribution < -0.4 is 10.0 Å². The maximum Gasteiger partial charge on any atom is 0.261 e. The van der Waals surface area contributed by atoms with E-state index in [1.165, 1.54) is 12.1 Å². The zero-order chi connectivity index (χ0) is 19.3. The van der Waals surface area contributed by atoms with Crippen molar-refractivity contribution in [1.29, 1.82) is 0 Å². The average molecular weight is 380 g/mol. The largest absolute Gasteiger partial charge is 0.348 e. The van der Waals surface area contributed by atoms with Crippen molar-refractivity contribution >= 4 is 21.6 Å². The molecule has 0 unspecified atom stereocenters. The van der Waals surface area contributed by atoms with Gasteiger partial charge in [0.2, 0.25) is 0 Å². The molecular weight excluding hydrogens is 360 g/mol. The van der Waals surface area contributed by atoms with Crippen molar-refractivity contribution < 1.29 is 13.2 Å². The number of rotatable bonds is 6. The topological polar surface area (TPSA) is 75.3 Å². The lowest BCUT2D eigenvalue weighted by molar-refractivity contribution is 0.0952. The summed E-state index contributed by atoms with van der Waals surface area (Å²) in [5, 5.41) is 2.83. The van der Waals surface area contributed by atoms with Gasteiger partial charge in [0, 0.05) is 6.54 Å².